The van der Waals surface area contributed by atoms with Crippen molar-refractivity contribution < 1.29 is 4.74 Å². The molecule has 1 N–H and O–H groups in total. The van der Waals surface area contributed by atoms with Gasteiger partial charge in [0, 0.05) is 40.3 Å². The molecule has 4 heterocycles. The molecule has 3 aromatic rings. The minimum atomic E-state index is -0.390. The third kappa shape index (κ3) is 3.17. The van der Waals surface area contributed by atoms with Crippen LogP contribution in [0.4, 0.5) is 5.95 Å². The van der Waals surface area contributed by atoms with Gasteiger partial charge < -0.3 is 15.0 Å². The van der Waals surface area contributed by atoms with Gasteiger partial charge in [-0.15, -0.1) is 0 Å². The first-order valence-corrected chi connectivity index (χ1v) is 9.96. The van der Waals surface area contributed by atoms with E-state index in [2.05, 4.69) is 15.2 Å². The Morgan fingerprint density at radius 2 is 1.80 bits per heavy atom. The predicted octanol–water partition coefficient (Wildman–Crippen LogP) is -0.0880. The zero-order valence-corrected chi connectivity index (χ0v) is 18.0. The molecule has 10 nitrogen and oxygen atoms in total. The number of nitrogens with zero attached hydrogens (tertiary/aromatic N) is 6. The molecule has 1 aliphatic heterocycles. The fourth-order valence-corrected chi connectivity index (χ4v) is 4.14. The Kier molecular flexibility index (Phi) is 5.10. The van der Waals surface area contributed by atoms with E-state index in [4.69, 9.17) is 9.72 Å². The van der Waals surface area contributed by atoms with Crippen molar-refractivity contribution in [3.05, 3.63) is 43.9 Å². The topological polar surface area (TPSA) is 99.2 Å². The summed E-state index contributed by atoms with van der Waals surface area (Å²) >= 11 is 0. The molecule has 4 rings (SSSR count). The second kappa shape index (κ2) is 7.60. The Bertz CT molecular complexity index is 1210. The van der Waals surface area contributed by atoms with Crippen molar-refractivity contribution in [3.63, 3.8) is 0 Å². The fraction of sp³-hybridized carbons (Fsp3) is 0.500. The highest BCUT2D eigenvalue weighted by molar-refractivity contribution is 5.74. The molecule has 30 heavy (non-hydrogen) atoms. The normalized spacial score (nSPS) is 14.5. The van der Waals surface area contributed by atoms with Crippen molar-refractivity contribution in [2.75, 3.05) is 38.2 Å². The van der Waals surface area contributed by atoms with Crippen LogP contribution < -0.4 is 26.2 Å². The SMILES string of the molecule is COc1c(C)cc(Cn2c(N3CCNCC3)nc3c2c(=O)n(C)c(=O)n3C)nc1C. The van der Waals surface area contributed by atoms with Gasteiger partial charge in [-0.1, -0.05) is 0 Å². The Hall–Kier alpha value is -3.14. The van der Waals surface area contributed by atoms with Gasteiger partial charge >= 0.3 is 5.69 Å². The molecule has 0 bridgehead atoms. The maximum atomic E-state index is 13.1. The molecule has 1 aliphatic rings. The number of nitrogens with one attached hydrogen (secondary N) is 1. The molecule has 160 valence electrons. The Morgan fingerprint density at radius 1 is 1.10 bits per heavy atom. The number of ether oxygens (including phenoxy) is 1. The van der Waals surface area contributed by atoms with Gasteiger partial charge in [0.15, 0.2) is 11.2 Å². The average Bonchev–Trinajstić information content (AvgIpc) is 3.10. The van der Waals surface area contributed by atoms with Gasteiger partial charge in [-0.2, -0.15) is 4.98 Å². The number of aryl methyl sites for hydroxylation is 3. The summed E-state index contributed by atoms with van der Waals surface area (Å²) in [6.07, 6.45) is 0. The highest BCUT2D eigenvalue weighted by atomic mass is 16.5. The third-order valence-corrected chi connectivity index (χ3v) is 5.63. The highest BCUT2D eigenvalue weighted by Gasteiger charge is 2.24. The summed E-state index contributed by atoms with van der Waals surface area (Å²) in [5, 5.41) is 3.33. The quantitative estimate of drug-likeness (QED) is 0.638. The standard InChI is InChI=1S/C20H27N7O3/c1-12-10-14(22-13(2)16(12)30-5)11-27-15-17(24(3)20(29)25(4)18(15)28)23-19(27)26-8-6-21-7-9-26/h10,21H,6-9,11H2,1-5H3. The molecule has 0 saturated carbocycles. The largest absolute Gasteiger partial charge is 0.495 e. The number of hydrogen-bond acceptors (Lipinski definition) is 7. The first-order valence-electron chi connectivity index (χ1n) is 9.96. The molecule has 0 unspecified atom stereocenters. The van der Waals surface area contributed by atoms with E-state index in [1.807, 2.05) is 24.5 Å². The van der Waals surface area contributed by atoms with E-state index >= 15 is 0 Å². The molecule has 0 radical (unpaired) electrons. The average molecular weight is 413 g/mol. The number of piperazine rings is 1. The van der Waals surface area contributed by atoms with Crippen LogP contribution in [-0.2, 0) is 20.6 Å². The molecule has 0 atom stereocenters. The number of rotatable bonds is 4. The molecule has 0 spiro atoms. The van der Waals surface area contributed by atoms with E-state index < -0.39 is 5.69 Å². The Labute approximate surface area is 173 Å². The first kappa shape index (κ1) is 20.1. The van der Waals surface area contributed by atoms with Crippen LogP contribution in [0.2, 0.25) is 0 Å². The van der Waals surface area contributed by atoms with Gasteiger partial charge in [-0.25, -0.2) is 4.79 Å². The van der Waals surface area contributed by atoms with Crippen LogP contribution in [0.1, 0.15) is 17.0 Å². The zero-order chi connectivity index (χ0) is 21.6. The number of anilines is 1. The van der Waals surface area contributed by atoms with Gasteiger partial charge in [0.1, 0.15) is 5.75 Å². The van der Waals surface area contributed by atoms with E-state index in [0.29, 0.717) is 23.7 Å². The summed E-state index contributed by atoms with van der Waals surface area (Å²) in [6, 6.07) is 1.96. The molecule has 0 amide bonds. The van der Waals surface area contributed by atoms with Crippen LogP contribution in [0.25, 0.3) is 11.2 Å². The lowest BCUT2D eigenvalue weighted by molar-refractivity contribution is 0.405. The lowest BCUT2D eigenvalue weighted by atomic mass is 10.2. The molecule has 3 aromatic heterocycles. The number of pyridine rings is 1. The highest BCUT2D eigenvalue weighted by Crippen LogP contribution is 2.25. The summed E-state index contributed by atoms with van der Waals surface area (Å²) < 4.78 is 9.87. The van der Waals surface area contributed by atoms with Crippen molar-refractivity contribution in [3.8, 4) is 5.75 Å². The van der Waals surface area contributed by atoms with Crippen molar-refractivity contribution in [2.24, 2.45) is 14.1 Å². The Balaban J connectivity index is 1.95. The van der Waals surface area contributed by atoms with Gasteiger partial charge in [-0.05, 0) is 25.5 Å². The molecular weight excluding hydrogens is 386 g/mol. The summed E-state index contributed by atoms with van der Waals surface area (Å²) in [6.45, 7) is 7.45. The van der Waals surface area contributed by atoms with Crippen LogP contribution >= 0.6 is 0 Å². The maximum Gasteiger partial charge on any atom is 0.332 e. The third-order valence-electron chi connectivity index (χ3n) is 5.63. The number of methoxy groups -OCH3 is 1. The fourth-order valence-electron chi connectivity index (χ4n) is 4.14. The van der Waals surface area contributed by atoms with E-state index in [-0.39, 0.29) is 5.56 Å². The molecule has 0 aromatic carbocycles. The second-order valence-corrected chi connectivity index (χ2v) is 7.66. The summed E-state index contributed by atoms with van der Waals surface area (Å²) in [5.74, 6) is 1.44. The summed E-state index contributed by atoms with van der Waals surface area (Å²) in [4.78, 5) is 37.1. The number of aromatic nitrogens is 5. The van der Waals surface area contributed by atoms with Crippen LogP contribution in [0.15, 0.2) is 15.7 Å². The molecular formula is C20H27N7O3. The van der Waals surface area contributed by atoms with Crippen molar-refractivity contribution in [2.45, 2.75) is 20.4 Å². The van der Waals surface area contributed by atoms with Crippen LogP contribution in [0.3, 0.4) is 0 Å². The number of fused-ring (bicyclic) bond motifs is 1. The predicted molar refractivity (Wildman–Crippen MR) is 115 cm³/mol. The van der Waals surface area contributed by atoms with Crippen LogP contribution in [0.5, 0.6) is 5.75 Å². The van der Waals surface area contributed by atoms with Crippen molar-refractivity contribution in [1.29, 1.82) is 0 Å². The molecule has 0 aliphatic carbocycles. The lowest BCUT2D eigenvalue weighted by Gasteiger charge is -2.28. The number of hydrogen-bond donors (Lipinski definition) is 1. The van der Waals surface area contributed by atoms with E-state index in [0.717, 1.165) is 53.4 Å². The summed E-state index contributed by atoms with van der Waals surface area (Å²) in [5.41, 5.74) is 2.62. The zero-order valence-electron chi connectivity index (χ0n) is 18.0. The van der Waals surface area contributed by atoms with Gasteiger partial charge in [0.25, 0.3) is 5.56 Å². The maximum absolute atomic E-state index is 13.1. The van der Waals surface area contributed by atoms with E-state index in [1.54, 1.807) is 14.2 Å². The monoisotopic (exact) mass is 413 g/mol. The second-order valence-electron chi connectivity index (χ2n) is 7.66. The van der Waals surface area contributed by atoms with Crippen LogP contribution in [-0.4, -0.2) is 57.0 Å². The van der Waals surface area contributed by atoms with Crippen molar-refractivity contribution >= 4 is 17.1 Å². The van der Waals surface area contributed by atoms with Gasteiger partial charge in [-0.3, -0.25) is 23.5 Å². The summed E-state index contributed by atoms with van der Waals surface area (Å²) in [7, 11) is 4.77. The number of imidazole rings is 1. The van der Waals surface area contributed by atoms with Crippen LogP contribution in [0, 0.1) is 13.8 Å². The minimum Gasteiger partial charge on any atom is -0.495 e. The molecule has 1 saturated heterocycles. The minimum absolute atomic E-state index is 0.357. The van der Waals surface area contributed by atoms with Gasteiger partial charge in [0.2, 0.25) is 5.95 Å². The van der Waals surface area contributed by atoms with Crippen molar-refractivity contribution in [1.82, 2.24) is 29.0 Å². The van der Waals surface area contributed by atoms with E-state index in [1.165, 1.54) is 11.6 Å². The first-order chi connectivity index (χ1) is 14.3. The Morgan fingerprint density at radius 3 is 2.43 bits per heavy atom. The lowest BCUT2D eigenvalue weighted by Crippen LogP contribution is -2.44. The smallest absolute Gasteiger partial charge is 0.332 e. The van der Waals surface area contributed by atoms with E-state index in [9.17, 15) is 9.59 Å². The molecule has 10 heteroatoms. The van der Waals surface area contributed by atoms with Gasteiger partial charge in [0.05, 0.1) is 25.0 Å². The molecule has 1 fully saturated rings.